The van der Waals surface area contributed by atoms with Gasteiger partial charge in [-0.05, 0) is 45.1 Å². The van der Waals surface area contributed by atoms with Crippen LogP contribution in [-0.2, 0) is 0 Å². The van der Waals surface area contributed by atoms with E-state index < -0.39 is 0 Å². The number of piperidine rings is 1. The number of H-pyrrole nitrogens is 1. The van der Waals surface area contributed by atoms with Crippen molar-refractivity contribution in [3.63, 3.8) is 0 Å². The van der Waals surface area contributed by atoms with E-state index in [1.54, 1.807) is 0 Å². The lowest BCUT2D eigenvalue weighted by Gasteiger charge is -2.28. The van der Waals surface area contributed by atoms with E-state index in [1.165, 1.54) is 18.5 Å². The van der Waals surface area contributed by atoms with Crippen LogP contribution >= 0.6 is 0 Å². The van der Waals surface area contributed by atoms with Gasteiger partial charge < -0.3 is 15.6 Å². The molecule has 1 aliphatic heterocycles. The number of nitrogens with zero attached hydrogens (tertiary/aromatic N) is 2. The standard InChI is InChI=1S/C12H19N5/c1-17-6-4-9(5-7-17)10-2-3-11(16-10)12(14)15-8-13/h2-3,8-9,16H,4-7H2,1H3,(H3,13,14,15). The zero-order chi connectivity index (χ0) is 12.3. The van der Waals surface area contributed by atoms with Gasteiger partial charge in [0.25, 0.3) is 0 Å². The van der Waals surface area contributed by atoms with Crippen molar-refractivity contribution >= 4 is 12.2 Å². The van der Waals surface area contributed by atoms with Gasteiger partial charge in [0.2, 0.25) is 0 Å². The number of amidine groups is 1. The molecule has 2 heterocycles. The van der Waals surface area contributed by atoms with Gasteiger partial charge in [0.1, 0.15) is 12.2 Å². The number of nitrogens with two attached hydrogens (primary N) is 1. The summed E-state index contributed by atoms with van der Waals surface area (Å²) in [4.78, 5) is 9.42. The van der Waals surface area contributed by atoms with Crippen LogP contribution in [0.4, 0.5) is 0 Å². The molecule has 17 heavy (non-hydrogen) atoms. The zero-order valence-electron chi connectivity index (χ0n) is 10.1. The van der Waals surface area contributed by atoms with Crippen LogP contribution < -0.4 is 5.73 Å². The molecule has 92 valence electrons. The summed E-state index contributed by atoms with van der Waals surface area (Å²) in [6.45, 7) is 2.28. The normalized spacial score (nSPS) is 19.5. The van der Waals surface area contributed by atoms with Crippen LogP contribution in [0.25, 0.3) is 0 Å². The summed E-state index contributed by atoms with van der Waals surface area (Å²) in [5, 5.41) is 6.90. The molecule has 0 unspecified atom stereocenters. The number of rotatable bonds is 3. The second kappa shape index (κ2) is 5.14. The van der Waals surface area contributed by atoms with Gasteiger partial charge in [0, 0.05) is 11.6 Å². The Balaban J connectivity index is 2.08. The highest BCUT2D eigenvalue weighted by atomic mass is 15.1. The van der Waals surface area contributed by atoms with Crippen LogP contribution in [0, 0.1) is 5.41 Å². The predicted molar refractivity (Wildman–Crippen MR) is 69.8 cm³/mol. The Kier molecular flexibility index (Phi) is 3.58. The highest BCUT2D eigenvalue weighted by Crippen LogP contribution is 2.26. The molecule has 1 saturated heterocycles. The molecule has 0 bridgehead atoms. The maximum Gasteiger partial charge on any atom is 0.148 e. The van der Waals surface area contributed by atoms with Crippen molar-refractivity contribution in [1.29, 1.82) is 5.41 Å². The SMILES string of the molecule is CN1CCC(c2ccc(C(N)=NC=N)[nH]2)CC1. The lowest BCUT2D eigenvalue weighted by molar-refractivity contribution is 0.253. The predicted octanol–water partition coefficient (Wildman–Crippen LogP) is 1.14. The molecule has 0 radical (unpaired) electrons. The van der Waals surface area contributed by atoms with Crippen molar-refractivity contribution in [2.45, 2.75) is 18.8 Å². The summed E-state index contributed by atoms with van der Waals surface area (Å²) in [7, 11) is 2.16. The first-order valence-corrected chi connectivity index (χ1v) is 5.90. The summed E-state index contributed by atoms with van der Waals surface area (Å²) in [5.74, 6) is 0.965. The fourth-order valence-corrected chi connectivity index (χ4v) is 2.26. The van der Waals surface area contributed by atoms with Gasteiger partial charge in [0.15, 0.2) is 0 Å². The average Bonchev–Trinajstić information content (AvgIpc) is 2.80. The quantitative estimate of drug-likeness (QED) is 0.540. The zero-order valence-corrected chi connectivity index (χ0v) is 10.1. The summed E-state index contributed by atoms with van der Waals surface area (Å²) < 4.78 is 0. The Hall–Kier alpha value is -1.62. The van der Waals surface area contributed by atoms with Crippen LogP contribution in [-0.4, -0.2) is 42.2 Å². The van der Waals surface area contributed by atoms with Gasteiger partial charge in [-0.1, -0.05) is 0 Å². The Morgan fingerprint density at radius 1 is 1.53 bits per heavy atom. The molecule has 5 heteroatoms. The Morgan fingerprint density at radius 3 is 2.88 bits per heavy atom. The summed E-state index contributed by atoms with van der Waals surface area (Å²) in [5.41, 5.74) is 7.77. The molecule has 0 amide bonds. The number of aromatic nitrogens is 1. The molecule has 0 saturated carbocycles. The fraction of sp³-hybridized carbons (Fsp3) is 0.500. The monoisotopic (exact) mass is 233 g/mol. The summed E-state index contributed by atoms with van der Waals surface area (Å²) in [6, 6.07) is 4.02. The highest BCUT2D eigenvalue weighted by molar-refractivity contribution is 5.99. The second-order valence-electron chi connectivity index (χ2n) is 4.55. The molecule has 0 aliphatic carbocycles. The molecule has 0 spiro atoms. The first kappa shape index (κ1) is 11.9. The van der Waals surface area contributed by atoms with E-state index in [1.807, 2.05) is 6.07 Å². The average molecular weight is 233 g/mol. The van der Waals surface area contributed by atoms with Gasteiger partial charge in [-0.15, -0.1) is 0 Å². The number of hydrogen-bond donors (Lipinski definition) is 3. The van der Waals surface area contributed by atoms with Gasteiger partial charge in [-0.25, -0.2) is 4.99 Å². The smallest absolute Gasteiger partial charge is 0.148 e. The minimum Gasteiger partial charge on any atom is -0.382 e. The van der Waals surface area contributed by atoms with E-state index in [9.17, 15) is 0 Å². The largest absolute Gasteiger partial charge is 0.382 e. The third-order valence-corrected chi connectivity index (χ3v) is 3.35. The van der Waals surface area contributed by atoms with Gasteiger partial charge in [-0.3, -0.25) is 5.41 Å². The third-order valence-electron chi connectivity index (χ3n) is 3.35. The summed E-state index contributed by atoms with van der Waals surface area (Å²) >= 11 is 0. The van der Waals surface area contributed by atoms with Crippen LogP contribution in [0.15, 0.2) is 17.1 Å². The Labute approximate surface area is 101 Å². The highest BCUT2D eigenvalue weighted by Gasteiger charge is 2.19. The van der Waals surface area contributed by atoms with E-state index in [2.05, 4.69) is 28.0 Å². The van der Waals surface area contributed by atoms with E-state index in [0.29, 0.717) is 11.8 Å². The minimum absolute atomic E-state index is 0.374. The maximum absolute atomic E-state index is 6.90. The van der Waals surface area contributed by atoms with Crippen molar-refractivity contribution < 1.29 is 0 Å². The molecule has 1 aliphatic rings. The third kappa shape index (κ3) is 2.74. The molecule has 0 atom stereocenters. The lowest BCUT2D eigenvalue weighted by atomic mass is 9.94. The maximum atomic E-state index is 6.90. The molecule has 5 nitrogen and oxygen atoms in total. The molecule has 0 aromatic carbocycles. The van der Waals surface area contributed by atoms with Crippen molar-refractivity contribution in [2.75, 3.05) is 20.1 Å². The van der Waals surface area contributed by atoms with Crippen LogP contribution in [0.5, 0.6) is 0 Å². The molecule has 1 aromatic rings. The van der Waals surface area contributed by atoms with E-state index in [0.717, 1.165) is 25.1 Å². The first-order chi connectivity index (χ1) is 8.20. The molecule has 2 rings (SSSR count). The number of nitrogens with one attached hydrogen (secondary N) is 2. The van der Waals surface area contributed by atoms with Crippen molar-refractivity contribution in [3.8, 4) is 0 Å². The number of aliphatic imine (C=N–C) groups is 1. The van der Waals surface area contributed by atoms with Crippen molar-refractivity contribution in [2.24, 2.45) is 10.7 Å². The molecular weight excluding hydrogens is 214 g/mol. The minimum atomic E-state index is 0.374. The van der Waals surface area contributed by atoms with E-state index in [4.69, 9.17) is 11.1 Å². The Morgan fingerprint density at radius 2 is 2.24 bits per heavy atom. The van der Waals surface area contributed by atoms with Crippen LogP contribution in [0.1, 0.15) is 30.1 Å². The van der Waals surface area contributed by atoms with Crippen molar-refractivity contribution in [3.05, 3.63) is 23.5 Å². The van der Waals surface area contributed by atoms with Crippen molar-refractivity contribution in [1.82, 2.24) is 9.88 Å². The Bertz CT molecular complexity index is 412. The van der Waals surface area contributed by atoms with Crippen LogP contribution in [0.3, 0.4) is 0 Å². The lowest BCUT2D eigenvalue weighted by Crippen LogP contribution is -2.29. The molecule has 1 fully saturated rings. The van der Waals surface area contributed by atoms with Gasteiger partial charge in [-0.2, -0.15) is 0 Å². The van der Waals surface area contributed by atoms with Gasteiger partial charge >= 0.3 is 0 Å². The number of aromatic amines is 1. The van der Waals surface area contributed by atoms with Gasteiger partial charge in [0.05, 0.1) is 5.69 Å². The summed E-state index contributed by atoms with van der Waals surface area (Å²) in [6.07, 6.45) is 3.32. The molecule has 1 aromatic heterocycles. The first-order valence-electron chi connectivity index (χ1n) is 5.90. The second-order valence-corrected chi connectivity index (χ2v) is 4.55. The topological polar surface area (TPSA) is 81.3 Å². The number of hydrogen-bond acceptors (Lipinski definition) is 2. The van der Waals surface area contributed by atoms with Crippen LogP contribution in [0.2, 0.25) is 0 Å². The molecular formula is C12H19N5. The van der Waals surface area contributed by atoms with E-state index in [-0.39, 0.29) is 0 Å². The van der Waals surface area contributed by atoms with E-state index >= 15 is 0 Å². The fourth-order valence-electron chi connectivity index (χ4n) is 2.26. The molecule has 4 N–H and O–H groups in total. The number of likely N-dealkylation sites (tertiary alicyclic amines) is 1.